The molecule has 0 aliphatic rings. The lowest BCUT2D eigenvalue weighted by molar-refractivity contribution is -0.146. The number of carbonyl (C=O) groups is 2. The van der Waals surface area contributed by atoms with Gasteiger partial charge in [0.05, 0.1) is 11.9 Å². The van der Waals surface area contributed by atoms with Gasteiger partial charge in [-0.05, 0) is 32.1 Å². The molecule has 1 rings (SSSR count). The van der Waals surface area contributed by atoms with Gasteiger partial charge in [-0.25, -0.2) is 4.79 Å². The predicted molar refractivity (Wildman–Crippen MR) is 81.1 cm³/mol. The summed E-state index contributed by atoms with van der Waals surface area (Å²) >= 11 is 0. The van der Waals surface area contributed by atoms with E-state index in [2.05, 4.69) is 31.2 Å². The highest BCUT2D eigenvalue weighted by Gasteiger charge is 2.30. The fourth-order valence-electron chi connectivity index (χ4n) is 2.21. The Morgan fingerprint density at radius 2 is 2.00 bits per heavy atom. The van der Waals surface area contributed by atoms with E-state index in [0.717, 1.165) is 6.42 Å². The number of aliphatic carboxylic acids is 1. The Morgan fingerprint density at radius 1 is 1.38 bits per heavy atom. The van der Waals surface area contributed by atoms with Crippen molar-refractivity contribution in [2.45, 2.75) is 53.0 Å². The van der Waals surface area contributed by atoms with Crippen molar-refractivity contribution < 1.29 is 14.7 Å². The van der Waals surface area contributed by atoms with Crippen LogP contribution in [0, 0.1) is 11.8 Å². The molecule has 1 heterocycles. The number of anilines is 1. The number of nitrogens with one attached hydrogen (secondary N) is 1. The van der Waals surface area contributed by atoms with Crippen LogP contribution in [0.25, 0.3) is 0 Å². The van der Waals surface area contributed by atoms with Crippen molar-refractivity contribution in [1.29, 1.82) is 0 Å². The number of carboxylic acids is 1. The monoisotopic (exact) mass is 295 g/mol. The fraction of sp³-hybridized carbons (Fsp3) is 0.667. The smallest absolute Gasteiger partial charge is 0.331 e. The number of nitrogens with zero attached hydrogens (tertiary/aromatic N) is 2. The molecule has 1 aromatic rings. The van der Waals surface area contributed by atoms with Crippen molar-refractivity contribution in [3.8, 4) is 0 Å². The normalized spacial score (nSPS) is 13.2. The number of amides is 1. The van der Waals surface area contributed by atoms with Gasteiger partial charge in [0.1, 0.15) is 0 Å². The summed E-state index contributed by atoms with van der Waals surface area (Å²) in [5.74, 6) is -0.174. The lowest BCUT2D eigenvalue weighted by Crippen LogP contribution is -2.35. The summed E-state index contributed by atoms with van der Waals surface area (Å²) in [6.45, 7) is 9.42. The summed E-state index contributed by atoms with van der Waals surface area (Å²) in [5.41, 5.74) is -0.625. The molecule has 1 amide bonds. The third-order valence-electron chi connectivity index (χ3n) is 3.37. The second-order valence-electron chi connectivity index (χ2n) is 6.52. The van der Waals surface area contributed by atoms with Crippen LogP contribution in [0.4, 0.5) is 5.69 Å². The molecule has 0 saturated carbocycles. The summed E-state index contributed by atoms with van der Waals surface area (Å²) in [6.07, 6.45) is 4.46. The zero-order chi connectivity index (χ0) is 16.2. The molecular formula is C15H25N3O3. The highest BCUT2D eigenvalue weighted by atomic mass is 16.4. The van der Waals surface area contributed by atoms with Crippen molar-refractivity contribution in [2.24, 2.45) is 11.8 Å². The SMILES string of the molecule is CC(C)CC(C)CC(=O)Nc1cnn(C(C)(C)C(=O)O)c1. The Hall–Kier alpha value is -1.85. The summed E-state index contributed by atoms with van der Waals surface area (Å²) < 4.78 is 1.34. The van der Waals surface area contributed by atoms with Gasteiger partial charge in [-0.3, -0.25) is 9.48 Å². The molecule has 0 aliphatic carbocycles. The van der Waals surface area contributed by atoms with Crippen LogP contribution in [0.15, 0.2) is 12.4 Å². The standard InChI is InChI=1S/C15H25N3O3/c1-10(2)6-11(3)7-13(19)17-12-8-16-18(9-12)15(4,5)14(20)21/h8-11H,6-7H2,1-5H3,(H,17,19)(H,20,21). The number of hydrogen-bond acceptors (Lipinski definition) is 3. The number of rotatable bonds is 7. The quantitative estimate of drug-likeness (QED) is 0.810. The van der Waals surface area contributed by atoms with Crippen molar-refractivity contribution >= 4 is 17.6 Å². The minimum absolute atomic E-state index is 0.0733. The molecule has 0 aromatic carbocycles. The first-order chi connectivity index (χ1) is 9.62. The molecule has 2 N–H and O–H groups in total. The average molecular weight is 295 g/mol. The first kappa shape index (κ1) is 17.2. The van der Waals surface area contributed by atoms with Gasteiger partial charge in [0.15, 0.2) is 5.54 Å². The first-order valence-electron chi connectivity index (χ1n) is 7.21. The molecule has 6 nitrogen and oxygen atoms in total. The molecule has 0 spiro atoms. The Bertz CT molecular complexity index is 506. The average Bonchev–Trinajstić information content (AvgIpc) is 2.75. The van der Waals surface area contributed by atoms with E-state index in [1.165, 1.54) is 10.9 Å². The molecule has 21 heavy (non-hydrogen) atoms. The molecule has 0 fully saturated rings. The van der Waals surface area contributed by atoms with Crippen LogP contribution in [0.2, 0.25) is 0 Å². The molecule has 1 atom stereocenters. The zero-order valence-electron chi connectivity index (χ0n) is 13.4. The Kier molecular flexibility index (Phi) is 5.52. The number of aromatic nitrogens is 2. The number of hydrogen-bond donors (Lipinski definition) is 2. The maximum absolute atomic E-state index is 11.9. The van der Waals surface area contributed by atoms with E-state index in [1.54, 1.807) is 20.0 Å². The van der Waals surface area contributed by atoms with E-state index in [4.69, 9.17) is 5.11 Å². The molecule has 0 saturated heterocycles. The van der Waals surface area contributed by atoms with Crippen LogP contribution >= 0.6 is 0 Å². The minimum Gasteiger partial charge on any atom is -0.479 e. The van der Waals surface area contributed by atoms with E-state index < -0.39 is 11.5 Å². The van der Waals surface area contributed by atoms with Gasteiger partial charge in [0.2, 0.25) is 5.91 Å². The molecular weight excluding hydrogens is 270 g/mol. The van der Waals surface area contributed by atoms with Gasteiger partial charge in [-0.1, -0.05) is 20.8 Å². The molecule has 1 aromatic heterocycles. The third-order valence-corrected chi connectivity index (χ3v) is 3.37. The van der Waals surface area contributed by atoms with Gasteiger partial charge in [0, 0.05) is 12.6 Å². The van der Waals surface area contributed by atoms with E-state index in [-0.39, 0.29) is 5.91 Å². The maximum Gasteiger partial charge on any atom is 0.331 e. The molecule has 0 aliphatic heterocycles. The summed E-state index contributed by atoms with van der Waals surface area (Å²) in [5, 5.41) is 15.9. The van der Waals surface area contributed by atoms with Crippen LogP contribution in [0.5, 0.6) is 0 Å². The summed E-state index contributed by atoms with van der Waals surface area (Å²) in [4.78, 5) is 23.1. The largest absolute Gasteiger partial charge is 0.479 e. The second kappa shape index (κ2) is 6.74. The fourth-order valence-corrected chi connectivity index (χ4v) is 2.21. The topological polar surface area (TPSA) is 84.2 Å². The zero-order valence-corrected chi connectivity index (χ0v) is 13.4. The van der Waals surface area contributed by atoms with Gasteiger partial charge in [-0.2, -0.15) is 5.10 Å². The van der Waals surface area contributed by atoms with Gasteiger partial charge in [0.25, 0.3) is 0 Å². The Labute approximate surface area is 125 Å². The lowest BCUT2D eigenvalue weighted by Gasteiger charge is -2.19. The number of carbonyl (C=O) groups excluding carboxylic acids is 1. The second-order valence-corrected chi connectivity index (χ2v) is 6.52. The maximum atomic E-state index is 11.9. The van der Waals surface area contributed by atoms with Gasteiger partial charge >= 0.3 is 5.97 Å². The predicted octanol–water partition coefficient (Wildman–Crippen LogP) is 2.71. The van der Waals surface area contributed by atoms with Gasteiger partial charge < -0.3 is 10.4 Å². The van der Waals surface area contributed by atoms with Crippen LogP contribution in [0.1, 0.15) is 47.5 Å². The molecule has 6 heteroatoms. The van der Waals surface area contributed by atoms with E-state index in [1.807, 2.05) is 0 Å². The van der Waals surface area contributed by atoms with Crippen LogP contribution in [0.3, 0.4) is 0 Å². The third kappa shape index (κ3) is 4.88. The van der Waals surface area contributed by atoms with Crippen LogP contribution in [-0.2, 0) is 15.1 Å². The highest BCUT2D eigenvalue weighted by Crippen LogP contribution is 2.19. The number of carboxylic acid groups (broad SMARTS) is 1. The minimum atomic E-state index is -1.14. The van der Waals surface area contributed by atoms with Gasteiger partial charge in [-0.15, -0.1) is 0 Å². The molecule has 0 radical (unpaired) electrons. The molecule has 1 unspecified atom stereocenters. The molecule has 118 valence electrons. The van der Waals surface area contributed by atoms with Crippen molar-refractivity contribution in [3.05, 3.63) is 12.4 Å². The van der Waals surface area contributed by atoms with Crippen molar-refractivity contribution in [1.82, 2.24) is 9.78 Å². The first-order valence-corrected chi connectivity index (χ1v) is 7.21. The van der Waals surface area contributed by atoms with Crippen molar-refractivity contribution in [2.75, 3.05) is 5.32 Å². The van der Waals surface area contributed by atoms with Crippen LogP contribution in [-0.4, -0.2) is 26.8 Å². The Morgan fingerprint density at radius 3 is 2.52 bits per heavy atom. The van der Waals surface area contributed by atoms with Crippen LogP contribution < -0.4 is 5.32 Å². The van der Waals surface area contributed by atoms with E-state index in [0.29, 0.717) is 23.9 Å². The molecule has 0 bridgehead atoms. The summed E-state index contributed by atoms with van der Waals surface area (Å²) in [7, 11) is 0. The summed E-state index contributed by atoms with van der Waals surface area (Å²) in [6, 6.07) is 0. The van der Waals surface area contributed by atoms with Crippen molar-refractivity contribution in [3.63, 3.8) is 0 Å². The van der Waals surface area contributed by atoms with E-state index >= 15 is 0 Å². The van der Waals surface area contributed by atoms with E-state index in [9.17, 15) is 9.59 Å². The lowest BCUT2D eigenvalue weighted by atomic mass is 9.96. The highest BCUT2D eigenvalue weighted by molar-refractivity contribution is 5.90. The Balaban J connectivity index is 2.63.